The normalized spacial score (nSPS) is 23.8. The fourth-order valence-corrected chi connectivity index (χ4v) is 8.29. The standard InChI is InChI=1S/C34H44ClN3O5S/c1-6-17-36-33(3,4)32(39)37-44(40,41)26-12-15-31-29(19-26)38(20-24-10-13-27(24)30(7-2)42-5)21-34(22-43-31)16-8-9-23-18-25(35)11-14-28(23)34/h6-7,11-12,14-15,18-19,24,27,30,36H,1-2,8-10,13,16-17,20-22H2,3-5H3,(H,37,39)/t24-,27+,30?,34-/m0/s1. The number of hydrogen-bond donors (Lipinski definition) is 2. The minimum atomic E-state index is -4.17. The average Bonchev–Trinajstić information content (AvgIpc) is 3.13. The summed E-state index contributed by atoms with van der Waals surface area (Å²) < 4.78 is 41.7. The number of carbonyl (C=O) groups is 1. The van der Waals surface area contributed by atoms with Crippen molar-refractivity contribution in [1.29, 1.82) is 0 Å². The number of halogens is 1. The first kappa shape index (κ1) is 32.5. The monoisotopic (exact) mass is 641 g/mol. The third kappa shape index (κ3) is 6.43. The maximum Gasteiger partial charge on any atom is 0.264 e. The van der Waals surface area contributed by atoms with Gasteiger partial charge in [-0.15, -0.1) is 13.2 Å². The minimum Gasteiger partial charge on any atom is -0.490 e. The van der Waals surface area contributed by atoms with Crippen LogP contribution in [0.15, 0.2) is 66.6 Å². The van der Waals surface area contributed by atoms with Crippen LogP contribution in [-0.2, 0) is 31.4 Å². The fraction of sp³-hybridized carbons (Fsp3) is 0.500. The molecule has 8 nitrogen and oxygen atoms in total. The molecule has 1 saturated carbocycles. The van der Waals surface area contributed by atoms with Crippen LogP contribution in [0.3, 0.4) is 0 Å². The van der Waals surface area contributed by atoms with E-state index in [9.17, 15) is 13.2 Å². The van der Waals surface area contributed by atoms with Crippen LogP contribution < -0.4 is 19.7 Å². The highest BCUT2D eigenvalue weighted by Gasteiger charge is 2.44. The van der Waals surface area contributed by atoms with Crippen LogP contribution in [0.25, 0.3) is 0 Å². The number of sulfonamides is 1. The largest absolute Gasteiger partial charge is 0.490 e. The number of benzene rings is 2. The first-order valence-corrected chi connectivity index (χ1v) is 17.2. The van der Waals surface area contributed by atoms with E-state index < -0.39 is 21.5 Å². The lowest BCUT2D eigenvalue weighted by Crippen LogP contribution is -2.53. The molecular weight excluding hydrogens is 598 g/mol. The van der Waals surface area contributed by atoms with E-state index >= 15 is 0 Å². The number of aryl methyl sites for hydroxylation is 1. The molecule has 2 aromatic carbocycles. The van der Waals surface area contributed by atoms with Crippen LogP contribution in [0.1, 0.15) is 50.7 Å². The predicted molar refractivity (Wildman–Crippen MR) is 175 cm³/mol. The second kappa shape index (κ2) is 12.9. The SMILES string of the molecule is C=CCNC(C)(C)C(=O)NS(=O)(=O)c1ccc2c(c1)N(C[C@@H]1CC[C@H]1C(C=C)OC)C[C@@]1(CCCc3cc(Cl)ccc31)CO2. The second-order valence-corrected chi connectivity index (χ2v) is 15.0. The van der Waals surface area contributed by atoms with Gasteiger partial charge in [-0.1, -0.05) is 29.8 Å². The van der Waals surface area contributed by atoms with Gasteiger partial charge in [0.05, 0.1) is 28.8 Å². The van der Waals surface area contributed by atoms with Crippen molar-refractivity contribution in [2.45, 2.75) is 67.9 Å². The number of nitrogens with zero attached hydrogens (tertiary/aromatic N) is 1. The maximum absolute atomic E-state index is 13.6. The number of fused-ring (bicyclic) bond motifs is 3. The molecule has 2 aliphatic carbocycles. The van der Waals surface area contributed by atoms with Crippen LogP contribution >= 0.6 is 11.6 Å². The molecule has 1 aliphatic heterocycles. The van der Waals surface area contributed by atoms with Crippen molar-refractivity contribution in [1.82, 2.24) is 10.0 Å². The Morgan fingerprint density at radius 2 is 2.05 bits per heavy atom. The van der Waals surface area contributed by atoms with Gasteiger partial charge >= 0.3 is 0 Å². The summed E-state index contributed by atoms with van der Waals surface area (Å²) in [4.78, 5) is 15.3. The van der Waals surface area contributed by atoms with E-state index in [-0.39, 0.29) is 16.4 Å². The number of anilines is 1. The average molecular weight is 642 g/mol. The summed E-state index contributed by atoms with van der Waals surface area (Å²) in [6.07, 6.45) is 8.47. The highest BCUT2D eigenvalue weighted by atomic mass is 35.5. The van der Waals surface area contributed by atoms with E-state index in [1.54, 1.807) is 39.2 Å². The van der Waals surface area contributed by atoms with Crippen LogP contribution in [-0.4, -0.2) is 59.3 Å². The summed E-state index contributed by atoms with van der Waals surface area (Å²) in [5.41, 5.74) is 1.79. The molecule has 2 N–H and O–H groups in total. The molecule has 44 heavy (non-hydrogen) atoms. The summed E-state index contributed by atoms with van der Waals surface area (Å²) in [7, 11) is -2.45. The lowest BCUT2D eigenvalue weighted by molar-refractivity contribution is -0.124. The number of carbonyl (C=O) groups excluding carboxylic acids is 1. The molecule has 2 aromatic rings. The Balaban J connectivity index is 1.51. The quantitative estimate of drug-likeness (QED) is 0.317. The number of nitrogens with one attached hydrogen (secondary N) is 2. The van der Waals surface area contributed by atoms with Crippen LogP contribution in [0.5, 0.6) is 5.75 Å². The molecule has 5 rings (SSSR count). The van der Waals surface area contributed by atoms with Crippen molar-refractivity contribution in [3.63, 3.8) is 0 Å². The Hall–Kier alpha value is -2.85. The Morgan fingerprint density at radius 1 is 1.25 bits per heavy atom. The minimum absolute atomic E-state index is 0.00974. The third-order valence-corrected chi connectivity index (χ3v) is 11.2. The zero-order valence-corrected chi connectivity index (χ0v) is 27.5. The number of rotatable bonds is 11. The molecule has 0 bridgehead atoms. The van der Waals surface area contributed by atoms with E-state index in [0.717, 1.165) is 37.1 Å². The van der Waals surface area contributed by atoms with Gasteiger partial charge in [0.1, 0.15) is 5.75 Å². The zero-order chi connectivity index (χ0) is 31.7. The third-order valence-electron chi connectivity index (χ3n) is 9.66. The van der Waals surface area contributed by atoms with Crippen molar-refractivity contribution in [2.24, 2.45) is 11.8 Å². The molecule has 1 unspecified atom stereocenters. The van der Waals surface area contributed by atoms with Crippen molar-refractivity contribution in [3.05, 3.63) is 77.9 Å². The predicted octanol–water partition coefficient (Wildman–Crippen LogP) is 5.40. The Bertz CT molecular complexity index is 1530. The number of hydrogen-bond acceptors (Lipinski definition) is 7. The summed E-state index contributed by atoms with van der Waals surface area (Å²) in [5, 5.41) is 3.73. The van der Waals surface area contributed by atoms with Crippen molar-refractivity contribution >= 4 is 33.2 Å². The number of amides is 1. The lowest BCUT2D eigenvalue weighted by atomic mass is 9.68. The zero-order valence-electron chi connectivity index (χ0n) is 25.9. The highest BCUT2D eigenvalue weighted by molar-refractivity contribution is 7.90. The smallest absolute Gasteiger partial charge is 0.264 e. The lowest BCUT2D eigenvalue weighted by Gasteiger charge is -2.46. The Kier molecular flexibility index (Phi) is 9.52. The Labute approximate surface area is 266 Å². The molecule has 0 aromatic heterocycles. The summed E-state index contributed by atoms with van der Waals surface area (Å²) in [5.74, 6) is 0.649. The molecular formula is C34H44ClN3O5S. The van der Waals surface area contributed by atoms with Crippen LogP contribution in [0.4, 0.5) is 5.69 Å². The van der Waals surface area contributed by atoms with E-state index in [1.807, 2.05) is 12.1 Å². The summed E-state index contributed by atoms with van der Waals surface area (Å²) >= 11 is 6.40. The van der Waals surface area contributed by atoms with E-state index in [0.29, 0.717) is 49.5 Å². The highest BCUT2D eigenvalue weighted by Crippen LogP contribution is 2.47. The molecule has 1 amide bonds. The first-order valence-electron chi connectivity index (χ1n) is 15.3. The van der Waals surface area contributed by atoms with Gasteiger partial charge in [0, 0.05) is 37.2 Å². The van der Waals surface area contributed by atoms with Crippen molar-refractivity contribution in [3.8, 4) is 5.75 Å². The van der Waals surface area contributed by atoms with Gasteiger partial charge in [-0.3, -0.25) is 4.79 Å². The second-order valence-electron chi connectivity index (χ2n) is 12.9. The fourth-order valence-electron chi connectivity index (χ4n) is 6.96. The first-order chi connectivity index (χ1) is 20.9. The van der Waals surface area contributed by atoms with Gasteiger partial charge in [-0.2, -0.15) is 0 Å². The van der Waals surface area contributed by atoms with Gasteiger partial charge < -0.3 is 19.7 Å². The molecule has 1 spiro atoms. The molecule has 10 heteroatoms. The number of methoxy groups -OCH3 is 1. The summed E-state index contributed by atoms with van der Waals surface area (Å²) in [6.45, 7) is 13.1. The molecule has 0 radical (unpaired) electrons. The van der Waals surface area contributed by atoms with E-state index in [1.165, 1.54) is 17.2 Å². The van der Waals surface area contributed by atoms with Gasteiger partial charge in [0.25, 0.3) is 15.9 Å². The Morgan fingerprint density at radius 3 is 2.73 bits per heavy atom. The van der Waals surface area contributed by atoms with Gasteiger partial charge in [0.15, 0.2) is 0 Å². The number of ether oxygens (including phenoxy) is 2. The molecule has 4 atom stereocenters. The topological polar surface area (TPSA) is 97.0 Å². The van der Waals surface area contributed by atoms with Crippen LogP contribution in [0, 0.1) is 11.8 Å². The summed E-state index contributed by atoms with van der Waals surface area (Å²) in [6, 6.07) is 11.0. The van der Waals surface area contributed by atoms with Crippen molar-refractivity contribution in [2.75, 3.05) is 38.3 Å². The van der Waals surface area contributed by atoms with Crippen LogP contribution in [0.2, 0.25) is 5.02 Å². The van der Waals surface area contributed by atoms with E-state index in [4.69, 9.17) is 21.1 Å². The van der Waals surface area contributed by atoms with Gasteiger partial charge in [-0.25, -0.2) is 13.1 Å². The molecule has 0 saturated heterocycles. The van der Waals surface area contributed by atoms with E-state index in [2.05, 4.69) is 40.2 Å². The van der Waals surface area contributed by atoms with Crippen molar-refractivity contribution < 1.29 is 22.7 Å². The molecule has 238 valence electrons. The molecule has 3 aliphatic rings. The molecule has 1 heterocycles. The van der Waals surface area contributed by atoms with Gasteiger partial charge in [0.2, 0.25) is 0 Å². The van der Waals surface area contributed by atoms with Gasteiger partial charge in [-0.05, 0) is 99.2 Å². The molecule has 1 fully saturated rings. The maximum atomic E-state index is 13.6.